The molecule has 0 radical (unpaired) electrons. The molecule has 0 fully saturated rings. The monoisotopic (exact) mass is 409 g/mol. The molecule has 3 aromatic rings. The van der Waals surface area contributed by atoms with E-state index in [1.165, 1.54) is 0 Å². The highest BCUT2D eigenvalue weighted by Gasteiger charge is 2.05. The van der Waals surface area contributed by atoms with E-state index < -0.39 is 0 Å². The van der Waals surface area contributed by atoms with E-state index in [9.17, 15) is 0 Å². The number of benzene rings is 3. The van der Waals surface area contributed by atoms with E-state index in [-0.39, 0.29) is 6.04 Å². The van der Waals surface area contributed by atoms with Gasteiger partial charge in [-0.1, -0.05) is 41.9 Å². The highest BCUT2D eigenvalue weighted by atomic mass is 35.5. The van der Waals surface area contributed by atoms with Crippen LogP contribution in [0.3, 0.4) is 0 Å². The third kappa shape index (κ3) is 6.08. The Kier molecular flexibility index (Phi) is 7.00. The van der Waals surface area contributed by atoms with Crippen molar-refractivity contribution in [2.45, 2.75) is 13.0 Å². The number of halogens is 1. The molecule has 2 N–H and O–H groups in total. The maximum absolute atomic E-state index is 5.88. The zero-order valence-corrected chi connectivity index (χ0v) is 16.9. The quantitative estimate of drug-likeness (QED) is 0.312. The summed E-state index contributed by atoms with van der Waals surface area (Å²) in [6.07, 6.45) is 1.70. The summed E-state index contributed by atoms with van der Waals surface area (Å²) in [6, 6.07) is 25.0. The molecular weight excluding hydrogens is 390 g/mol. The van der Waals surface area contributed by atoms with Gasteiger partial charge in [-0.2, -0.15) is 5.10 Å². The molecule has 0 bridgehead atoms. The van der Waals surface area contributed by atoms with Crippen LogP contribution in [0.15, 0.2) is 84.0 Å². The maximum Gasteiger partial charge on any atom is 0.187 e. The number of ether oxygens (including phenoxy) is 1. The van der Waals surface area contributed by atoms with Gasteiger partial charge in [0.2, 0.25) is 0 Å². The Hall–Kier alpha value is -2.89. The van der Waals surface area contributed by atoms with Crippen molar-refractivity contribution in [3.05, 3.63) is 95.0 Å². The predicted octanol–water partition coefficient (Wildman–Crippen LogP) is 5.69. The molecule has 4 nitrogen and oxygen atoms in total. The van der Waals surface area contributed by atoms with Gasteiger partial charge in [-0.15, -0.1) is 0 Å². The van der Waals surface area contributed by atoms with E-state index in [4.69, 9.17) is 28.6 Å². The second-order valence-electron chi connectivity index (χ2n) is 6.10. The zero-order valence-electron chi connectivity index (χ0n) is 15.3. The lowest BCUT2D eigenvalue weighted by atomic mass is 10.1. The first-order valence-corrected chi connectivity index (χ1v) is 9.57. The summed E-state index contributed by atoms with van der Waals surface area (Å²) >= 11 is 11.2. The molecule has 3 aromatic carbocycles. The van der Waals surface area contributed by atoms with Crippen LogP contribution in [0.25, 0.3) is 0 Å². The Morgan fingerprint density at radius 1 is 0.964 bits per heavy atom. The van der Waals surface area contributed by atoms with Gasteiger partial charge in [0.25, 0.3) is 0 Å². The first-order chi connectivity index (χ1) is 13.6. The highest BCUT2D eigenvalue weighted by Crippen LogP contribution is 2.23. The number of hydrogen-bond donors (Lipinski definition) is 2. The van der Waals surface area contributed by atoms with Gasteiger partial charge in [0.05, 0.1) is 12.3 Å². The van der Waals surface area contributed by atoms with Crippen LogP contribution in [-0.2, 0) is 0 Å². The molecule has 28 heavy (non-hydrogen) atoms. The SMILES string of the molecule is C[C@@H](NC(=S)N/N=C/c1ccc(Oc2ccc(Cl)cc2)cc1)c1ccccc1. The fraction of sp³-hybridized carbons (Fsp3) is 0.0909. The lowest BCUT2D eigenvalue weighted by Gasteiger charge is -2.15. The fourth-order valence-electron chi connectivity index (χ4n) is 2.48. The van der Waals surface area contributed by atoms with Crippen LogP contribution < -0.4 is 15.5 Å². The van der Waals surface area contributed by atoms with Gasteiger partial charge >= 0.3 is 0 Å². The van der Waals surface area contributed by atoms with Crippen molar-refractivity contribution in [1.29, 1.82) is 0 Å². The van der Waals surface area contributed by atoms with Crippen molar-refractivity contribution in [3.8, 4) is 11.5 Å². The van der Waals surface area contributed by atoms with Crippen LogP contribution in [-0.4, -0.2) is 11.3 Å². The summed E-state index contributed by atoms with van der Waals surface area (Å²) in [6.45, 7) is 2.05. The number of thiocarbonyl (C=S) groups is 1. The summed E-state index contributed by atoms with van der Waals surface area (Å²) in [4.78, 5) is 0. The summed E-state index contributed by atoms with van der Waals surface area (Å²) in [5.41, 5.74) is 4.92. The van der Waals surface area contributed by atoms with Crippen molar-refractivity contribution < 1.29 is 4.74 Å². The van der Waals surface area contributed by atoms with E-state index in [0.29, 0.717) is 10.1 Å². The van der Waals surface area contributed by atoms with Crippen molar-refractivity contribution in [3.63, 3.8) is 0 Å². The number of hydrogen-bond acceptors (Lipinski definition) is 3. The maximum atomic E-state index is 5.88. The highest BCUT2D eigenvalue weighted by molar-refractivity contribution is 7.80. The topological polar surface area (TPSA) is 45.7 Å². The molecule has 142 valence electrons. The third-order valence-electron chi connectivity index (χ3n) is 3.96. The summed E-state index contributed by atoms with van der Waals surface area (Å²) < 4.78 is 5.77. The van der Waals surface area contributed by atoms with Gasteiger partial charge in [-0.05, 0) is 78.8 Å². The summed E-state index contributed by atoms with van der Waals surface area (Å²) in [5, 5.41) is 8.52. The molecular formula is C22H20ClN3OS. The molecule has 0 aliphatic heterocycles. The van der Waals surface area contributed by atoms with E-state index in [2.05, 4.69) is 28.0 Å². The number of nitrogens with zero attached hydrogens (tertiary/aromatic N) is 1. The van der Waals surface area contributed by atoms with Crippen molar-refractivity contribution in [2.24, 2.45) is 5.10 Å². The molecule has 0 saturated heterocycles. The molecule has 0 heterocycles. The average Bonchev–Trinajstić information content (AvgIpc) is 2.71. The van der Waals surface area contributed by atoms with E-state index in [0.717, 1.165) is 22.6 Å². The second-order valence-corrected chi connectivity index (χ2v) is 6.95. The Bertz CT molecular complexity index is 928. The minimum atomic E-state index is 0.0979. The number of hydrazone groups is 1. The zero-order chi connectivity index (χ0) is 19.8. The molecule has 1 atom stereocenters. The van der Waals surface area contributed by atoms with Crippen molar-refractivity contribution in [2.75, 3.05) is 0 Å². The molecule has 0 aliphatic rings. The molecule has 0 unspecified atom stereocenters. The normalized spacial score (nSPS) is 11.8. The second kappa shape index (κ2) is 9.88. The molecule has 3 rings (SSSR count). The largest absolute Gasteiger partial charge is 0.457 e. The van der Waals surface area contributed by atoms with Gasteiger partial charge in [-0.3, -0.25) is 5.43 Å². The van der Waals surface area contributed by atoms with Crippen LogP contribution in [0.5, 0.6) is 11.5 Å². The molecule has 0 saturated carbocycles. The average molecular weight is 410 g/mol. The van der Waals surface area contributed by atoms with Gasteiger partial charge in [0.1, 0.15) is 11.5 Å². The van der Waals surface area contributed by atoms with E-state index in [1.54, 1.807) is 18.3 Å². The lowest BCUT2D eigenvalue weighted by Crippen LogP contribution is -2.34. The number of rotatable bonds is 6. The van der Waals surface area contributed by atoms with E-state index in [1.807, 2.05) is 61.5 Å². The standard InChI is InChI=1S/C22H20ClN3OS/c1-16(18-5-3-2-4-6-18)25-22(28)26-24-15-17-7-11-20(12-8-17)27-21-13-9-19(23)10-14-21/h2-16H,1H3,(H2,25,26,28)/b24-15+/t16-/m1/s1. The van der Waals surface area contributed by atoms with Crippen LogP contribution in [0.4, 0.5) is 0 Å². The molecule has 0 aromatic heterocycles. The fourth-order valence-corrected chi connectivity index (χ4v) is 2.84. The minimum Gasteiger partial charge on any atom is -0.457 e. The first-order valence-electron chi connectivity index (χ1n) is 8.78. The Balaban J connectivity index is 1.48. The minimum absolute atomic E-state index is 0.0979. The Morgan fingerprint density at radius 2 is 1.57 bits per heavy atom. The smallest absolute Gasteiger partial charge is 0.187 e. The van der Waals surface area contributed by atoms with Gasteiger partial charge in [0.15, 0.2) is 5.11 Å². The van der Waals surface area contributed by atoms with Crippen LogP contribution in [0, 0.1) is 0 Å². The molecule has 0 amide bonds. The predicted molar refractivity (Wildman–Crippen MR) is 119 cm³/mol. The van der Waals surface area contributed by atoms with Crippen LogP contribution >= 0.6 is 23.8 Å². The Morgan fingerprint density at radius 3 is 2.21 bits per heavy atom. The van der Waals surface area contributed by atoms with Gasteiger partial charge in [-0.25, -0.2) is 0 Å². The third-order valence-corrected chi connectivity index (χ3v) is 4.42. The molecule has 6 heteroatoms. The number of nitrogens with one attached hydrogen (secondary N) is 2. The van der Waals surface area contributed by atoms with Crippen molar-refractivity contribution in [1.82, 2.24) is 10.7 Å². The van der Waals surface area contributed by atoms with Crippen LogP contribution in [0.1, 0.15) is 24.1 Å². The van der Waals surface area contributed by atoms with Gasteiger partial charge in [0, 0.05) is 5.02 Å². The van der Waals surface area contributed by atoms with Crippen molar-refractivity contribution >= 4 is 35.1 Å². The Labute approximate surface area is 175 Å². The van der Waals surface area contributed by atoms with E-state index >= 15 is 0 Å². The van der Waals surface area contributed by atoms with Crippen LogP contribution in [0.2, 0.25) is 5.02 Å². The lowest BCUT2D eigenvalue weighted by molar-refractivity contribution is 0.482. The van der Waals surface area contributed by atoms with Gasteiger partial charge < -0.3 is 10.1 Å². The summed E-state index contributed by atoms with van der Waals surface area (Å²) in [5.74, 6) is 1.47. The first kappa shape index (κ1) is 19.9. The molecule has 0 aliphatic carbocycles. The molecule has 0 spiro atoms. The summed E-state index contributed by atoms with van der Waals surface area (Å²) in [7, 11) is 0.